The molecule has 0 aliphatic carbocycles. The minimum absolute atomic E-state index is 0.562. The van der Waals surface area contributed by atoms with Crippen molar-refractivity contribution in [2.24, 2.45) is 0 Å². The first-order valence-corrected chi connectivity index (χ1v) is 7.67. The zero-order chi connectivity index (χ0) is 14.7. The van der Waals surface area contributed by atoms with Crippen LogP contribution in [-0.4, -0.2) is 35.6 Å². The van der Waals surface area contributed by atoms with Crippen molar-refractivity contribution in [2.75, 3.05) is 24.5 Å². The summed E-state index contributed by atoms with van der Waals surface area (Å²) >= 11 is 0. The summed E-state index contributed by atoms with van der Waals surface area (Å²) in [6.07, 6.45) is 3.76. The van der Waals surface area contributed by atoms with Crippen LogP contribution in [0, 0.1) is 6.92 Å². The first-order chi connectivity index (χ1) is 10.2. The standard InChI is InChI=1S/C18H23N3/c1-15-5-3-4-6-18(15)21-12-11-20(16(2)13-21)14-17-7-9-19-10-8-17/h3-10,16H,11-14H2,1-2H3/t16-/m1/s1. The molecule has 0 bridgehead atoms. The number of hydrogen-bond acceptors (Lipinski definition) is 3. The highest BCUT2D eigenvalue weighted by molar-refractivity contribution is 5.53. The Kier molecular flexibility index (Phi) is 4.20. The molecule has 2 aromatic rings. The Balaban J connectivity index is 1.66. The number of anilines is 1. The van der Waals surface area contributed by atoms with Crippen molar-refractivity contribution in [1.82, 2.24) is 9.88 Å². The van der Waals surface area contributed by atoms with E-state index in [-0.39, 0.29) is 0 Å². The molecule has 1 fully saturated rings. The highest BCUT2D eigenvalue weighted by Crippen LogP contribution is 2.23. The van der Waals surface area contributed by atoms with Gasteiger partial charge in [-0.05, 0) is 43.2 Å². The van der Waals surface area contributed by atoms with Crippen LogP contribution in [-0.2, 0) is 6.54 Å². The summed E-state index contributed by atoms with van der Waals surface area (Å²) in [6, 6.07) is 13.5. The lowest BCUT2D eigenvalue weighted by atomic mass is 10.1. The Morgan fingerprint density at radius 3 is 2.57 bits per heavy atom. The van der Waals surface area contributed by atoms with Crippen molar-refractivity contribution in [3.63, 3.8) is 0 Å². The fraction of sp³-hybridized carbons (Fsp3) is 0.389. The van der Waals surface area contributed by atoms with Gasteiger partial charge in [-0.2, -0.15) is 0 Å². The van der Waals surface area contributed by atoms with Gasteiger partial charge >= 0.3 is 0 Å². The minimum Gasteiger partial charge on any atom is -0.368 e. The number of aromatic nitrogens is 1. The number of pyridine rings is 1. The molecule has 21 heavy (non-hydrogen) atoms. The molecule has 1 aliphatic heterocycles. The molecule has 0 spiro atoms. The van der Waals surface area contributed by atoms with Crippen LogP contribution in [0.5, 0.6) is 0 Å². The van der Waals surface area contributed by atoms with E-state index in [2.05, 4.69) is 65.0 Å². The third-order valence-electron chi connectivity index (χ3n) is 4.36. The fourth-order valence-corrected chi connectivity index (χ4v) is 3.09. The second-order valence-corrected chi connectivity index (χ2v) is 5.91. The largest absolute Gasteiger partial charge is 0.368 e. The van der Waals surface area contributed by atoms with Gasteiger partial charge in [-0.15, -0.1) is 0 Å². The summed E-state index contributed by atoms with van der Waals surface area (Å²) < 4.78 is 0. The van der Waals surface area contributed by atoms with Gasteiger partial charge in [0.2, 0.25) is 0 Å². The number of para-hydroxylation sites is 1. The summed E-state index contributed by atoms with van der Waals surface area (Å²) in [5.74, 6) is 0. The zero-order valence-electron chi connectivity index (χ0n) is 12.9. The molecule has 3 rings (SSSR count). The van der Waals surface area contributed by atoms with E-state index < -0.39 is 0 Å². The van der Waals surface area contributed by atoms with Crippen LogP contribution >= 0.6 is 0 Å². The SMILES string of the molecule is Cc1ccccc1N1CCN(Cc2ccncc2)[C@H](C)C1. The van der Waals surface area contributed by atoms with Crippen molar-refractivity contribution in [3.05, 3.63) is 59.9 Å². The predicted octanol–water partition coefficient (Wildman–Crippen LogP) is 3.10. The van der Waals surface area contributed by atoms with Crippen molar-refractivity contribution in [3.8, 4) is 0 Å². The van der Waals surface area contributed by atoms with Gasteiger partial charge in [-0.1, -0.05) is 18.2 Å². The lowest BCUT2D eigenvalue weighted by molar-refractivity contribution is 0.181. The molecule has 110 valence electrons. The maximum absolute atomic E-state index is 4.09. The second-order valence-electron chi connectivity index (χ2n) is 5.91. The van der Waals surface area contributed by atoms with Crippen LogP contribution in [0.4, 0.5) is 5.69 Å². The molecule has 0 radical (unpaired) electrons. The summed E-state index contributed by atoms with van der Waals surface area (Å²) in [4.78, 5) is 9.17. The van der Waals surface area contributed by atoms with Crippen molar-refractivity contribution < 1.29 is 0 Å². The van der Waals surface area contributed by atoms with Gasteiger partial charge in [-0.3, -0.25) is 9.88 Å². The summed E-state index contributed by atoms with van der Waals surface area (Å²) in [5.41, 5.74) is 4.10. The molecule has 0 saturated carbocycles. The van der Waals surface area contributed by atoms with Crippen molar-refractivity contribution >= 4 is 5.69 Å². The third kappa shape index (κ3) is 3.24. The Bertz CT molecular complexity index is 582. The molecule has 3 nitrogen and oxygen atoms in total. The number of aryl methyl sites for hydroxylation is 1. The first kappa shape index (κ1) is 14.1. The van der Waals surface area contributed by atoms with E-state index in [1.54, 1.807) is 0 Å². The Morgan fingerprint density at radius 1 is 1.10 bits per heavy atom. The van der Waals surface area contributed by atoms with E-state index in [1.807, 2.05) is 12.4 Å². The van der Waals surface area contributed by atoms with E-state index in [0.717, 1.165) is 26.2 Å². The van der Waals surface area contributed by atoms with Crippen LogP contribution in [0.2, 0.25) is 0 Å². The molecule has 0 N–H and O–H groups in total. The molecule has 0 unspecified atom stereocenters. The molecule has 2 heterocycles. The van der Waals surface area contributed by atoms with Crippen molar-refractivity contribution in [2.45, 2.75) is 26.4 Å². The highest BCUT2D eigenvalue weighted by atomic mass is 15.3. The topological polar surface area (TPSA) is 19.4 Å². The number of piperazine rings is 1. The molecule has 1 aromatic heterocycles. The van der Waals surface area contributed by atoms with E-state index >= 15 is 0 Å². The lowest BCUT2D eigenvalue weighted by Gasteiger charge is -2.41. The van der Waals surface area contributed by atoms with Crippen LogP contribution in [0.15, 0.2) is 48.8 Å². The Hall–Kier alpha value is -1.87. The molecule has 1 atom stereocenters. The molecular formula is C18H23N3. The van der Waals surface area contributed by atoms with Gasteiger partial charge in [0, 0.05) is 50.3 Å². The van der Waals surface area contributed by atoms with Gasteiger partial charge in [0.05, 0.1) is 0 Å². The fourth-order valence-electron chi connectivity index (χ4n) is 3.09. The molecule has 1 saturated heterocycles. The van der Waals surface area contributed by atoms with E-state index in [0.29, 0.717) is 6.04 Å². The quantitative estimate of drug-likeness (QED) is 0.862. The average Bonchev–Trinajstić information content (AvgIpc) is 2.51. The van der Waals surface area contributed by atoms with Crippen molar-refractivity contribution in [1.29, 1.82) is 0 Å². The molecular weight excluding hydrogens is 258 g/mol. The average molecular weight is 281 g/mol. The normalized spacial score (nSPS) is 19.7. The van der Waals surface area contributed by atoms with Crippen LogP contribution in [0.3, 0.4) is 0 Å². The van der Waals surface area contributed by atoms with E-state index in [1.165, 1.54) is 16.8 Å². The molecule has 1 aromatic carbocycles. The van der Waals surface area contributed by atoms with Gasteiger partial charge in [0.25, 0.3) is 0 Å². The maximum Gasteiger partial charge on any atom is 0.0396 e. The number of rotatable bonds is 3. The summed E-state index contributed by atoms with van der Waals surface area (Å²) in [6.45, 7) is 8.84. The number of hydrogen-bond donors (Lipinski definition) is 0. The monoisotopic (exact) mass is 281 g/mol. The molecule has 0 amide bonds. The molecule has 1 aliphatic rings. The van der Waals surface area contributed by atoms with Crippen LogP contribution < -0.4 is 4.90 Å². The predicted molar refractivity (Wildman–Crippen MR) is 87.5 cm³/mol. The van der Waals surface area contributed by atoms with Gasteiger partial charge in [0.15, 0.2) is 0 Å². The van der Waals surface area contributed by atoms with Gasteiger partial charge in [-0.25, -0.2) is 0 Å². The smallest absolute Gasteiger partial charge is 0.0396 e. The molecule has 3 heteroatoms. The van der Waals surface area contributed by atoms with Crippen LogP contribution in [0.25, 0.3) is 0 Å². The second kappa shape index (κ2) is 6.27. The Morgan fingerprint density at radius 2 is 1.86 bits per heavy atom. The zero-order valence-corrected chi connectivity index (χ0v) is 12.9. The summed E-state index contributed by atoms with van der Waals surface area (Å²) in [7, 11) is 0. The number of nitrogens with zero attached hydrogens (tertiary/aromatic N) is 3. The lowest BCUT2D eigenvalue weighted by Crippen LogP contribution is -2.51. The first-order valence-electron chi connectivity index (χ1n) is 7.67. The van der Waals surface area contributed by atoms with Crippen LogP contribution in [0.1, 0.15) is 18.1 Å². The summed E-state index contributed by atoms with van der Waals surface area (Å²) in [5, 5.41) is 0. The third-order valence-corrected chi connectivity index (χ3v) is 4.36. The minimum atomic E-state index is 0.562. The number of benzene rings is 1. The van der Waals surface area contributed by atoms with E-state index in [9.17, 15) is 0 Å². The highest BCUT2D eigenvalue weighted by Gasteiger charge is 2.24. The van der Waals surface area contributed by atoms with Gasteiger partial charge < -0.3 is 4.90 Å². The van der Waals surface area contributed by atoms with Gasteiger partial charge in [0.1, 0.15) is 0 Å². The maximum atomic E-state index is 4.09. The van der Waals surface area contributed by atoms with E-state index in [4.69, 9.17) is 0 Å². The Labute approximate surface area is 127 Å².